The van der Waals surface area contributed by atoms with Gasteiger partial charge in [-0.25, -0.2) is 0 Å². The van der Waals surface area contributed by atoms with Crippen LogP contribution in [0.25, 0.3) is 0 Å². The molecule has 2 N–H and O–H groups in total. The highest BCUT2D eigenvalue weighted by atomic mass is 79.9. The molecule has 2 heterocycles. The van der Waals surface area contributed by atoms with Crippen molar-refractivity contribution in [2.24, 2.45) is 5.73 Å². The summed E-state index contributed by atoms with van der Waals surface area (Å²) in [5, 5.41) is 2.05. The molecule has 0 aliphatic rings. The van der Waals surface area contributed by atoms with E-state index in [1.807, 2.05) is 6.07 Å². The molecule has 2 aromatic heterocycles. The van der Waals surface area contributed by atoms with Crippen molar-refractivity contribution in [1.29, 1.82) is 0 Å². The molecule has 0 aliphatic carbocycles. The normalized spacial score (nSPS) is 13.1. The monoisotopic (exact) mass is 365 g/mol. The van der Waals surface area contributed by atoms with E-state index >= 15 is 0 Å². The second-order valence-corrected chi connectivity index (χ2v) is 7.61. The van der Waals surface area contributed by atoms with Gasteiger partial charge in [0.25, 0.3) is 0 Å². The zero-order valence-corrected chi connectivity index (χ0v) is 12.8. The lowest BCUT2D eigenvalue weighted by atomic mass is 10.1. The van der Waals surface area contributed by atoms with Gasteiger partial charge in [0.05, 0.1) is 9.83 Å². The maximum absolute atomic E-state index is 6.24. The number of rotatable bonds is 2. The number of halogens is 2. The third kappa shape index (κ3) is 2.36. The molecule has 0 aliphatic heterocycles. The lowest BCUT2D eigenvalue weighted by Crippen LogP contribution is -2.10. The van der Waals surface area contributed by atoms with Gasteiger partial charge in [0, 0.05) is 14.2 Å². The van der Waals surface area contributed by atoms with Crippen LogP contribution in [0.2, 0.25) is 0 Å². The summed E-state index contributed by atoms with van der Waals surface area (Å²) in [5.74, 6) is 0. The Kier molecular flexibility index (Phi) is 3.67. The van der Waals surface area contributed by atoms with Crippen LogP contribution in [0.15, 0.2) is 25.8 Å². The van der Waals surface area contributed by atoms with Crippen LogP contribution < -0.4 is 5.73 Å². The summed E-state index contributed by atoms with van der Waals surface area (Å²) in [4.78, 5) is 2.46. The number of hydrogen-bond acceptors (Lipinski definition) is 3. The summed E-state index contributed by atoms with van der Waals surface area (Å²) >= 11 is 10.4. The molecule has 0 saturated heterocycles. The first-order chi connectivity index (χ1) is 7.09. The van der Waals surface area contributed by atoms with Gasteiger partial charge < -0.3 is 5.73 Å². The van der Waals surface area contributed by atoms with E-state index in [1.54, 1.807) is 22.7 Å². The average molecular weight is 367 g/mol. The first kappa shape index (κ1) is 11.8. The average Bonchev–Trinajstić information content (AvgIpc) is 2.71. The van der Waals surface area contributed by atoms with Gasteiger partial charge in [-0.05, 0) is 61.9 Å². The van der Waals surface area contributed by atoms with Gasteiger partial charge >= 0.3 is 0 Å². The molecule has 2 rings (SSSR count). The molecule has 0 saturated carbocycles. The Morgan fingerprint density at radius 1 is 1.40 bits per heavy atom. The van der Waals surface area contributed by atoms with Gasteiger partial charge in [-0.2, -0.15) is 0 Å². The van der Waals surface area contributed by atoms with E-state index in [4.69, 9.17) is 5.73 Å². The SMILES string of the molecule is Cc1sc(Br)cc1C(N)c1sccc1Br. The number of thiophene rings is 2. The van der Waals surface area contributed by atoms with Crippen LogP contribution in [-0.2, 0) is 0 Å². The first-order valence-corrected chi connectivity index (χ1v) is 7.62. The Balaban J connectivity index is 2.40. The molecule has 1 unspecified atom stereocenters. The van der Waals surface area contributed by atoms with Crippen molar-refractivity contribution in [2.75, 3.05) is 0 Å². The Bertz CT molecular complexity index is 475. The summed E-state index contributed by atoms with van der Waals surface area (Å²) in [6.07, 6.45) is 0. The molecule has 0 bridgehead atoms. The third-order valence-corrected chi connectivity index (χ3v) is 5.71. The van der Waals surface area contributed by atoms with E-state index < -0.39 is 0 Å². The van der Waals surface area contributed by atoms with Crippen LogP contribution in [0, 0.1) is 6.92 Å². The van der Waals surface area contributed by atoms with Gasteiger partial charge in [-0.1, -0.05) is 0 Å². The van der Waals surface area contributed by atoms with Gasteiger partial charge in [0.15, 0.2) is 0 Å². The zero-order chi connectivity index (χ0) is 11.0. The predicted octanol–water partition coefficient (Wildman–Crippen LogP) is 4.69. The Morgan fingerprint density at radius 2 is 2.13 bits per heavy atom. The third-order valence-electron chi connectivity index (χ3n) is 2.19. The van der Waals surface area contributed by atoms with Gasteiger partial charge in [0.2, 0.25) is 0 Å². The quantitative estimate of drug-likeness (QED) is 0.819. The van der Waals surface area contributed by atoms with Crippen molar-refractivity contribution < 1.29 is 0 Å². The molecule has 0 radical (unpaired) electrons. The van der Waals surface area contributed by atoms with E-state index in [0.717, 1.165) is 8.26 Å². The number of aryl methyl sites for hydroxylation is 1. The molecule has 1 nitrogen and oxygen atoms in total. The van der Waals surface area contributed by atoms with E-state index in [9.17, 15) is 0 Å². The van der Waals surface area contributed by atoms with Crippen LogP contribution in [0.3, 0.4) is 0 Å². The Hall–Kier alpha value is 0.320. The molecule has 0 fully saturated rings. The lowest BCUT2D eigenvalue weighted by Gasteiger charge is -2.09. The molecule has 2 aromatic rings. The second kappa shape index (κ2) is 4.67. The zero-order valence-electron chi connectivity index (χ0n) is 7.96. The highest BCUT2D eigenvalue weighted by Gasteiger charge is 2.17. The smallest absolute Gasteiger partial charge is 0.0704 e. The highest BCUT2D eigenvalue weighted by molar-refractivity contribution is 9.11. The highest BCUT2D eigenvalue weighted by Crippen LogP contribution is 2.36. The predicted molar refractivity (Wildman–Crippen MR) is 74.8 cm³/mol. The summed E-state index contributed by atoms with van der Waals surface area (Å²) in [6, 6.07) is 4.12. The van der Waals surface area contributed by atoms with Crippen LogP contribution in [0.4, 0.5) is 0 Å². The largest absolute Gasteiger partial charge is 0.320 e. The minimum absolute atomic E-state index is 0.0260. The van der Waals surface area contributed by atoms with Crippen molar-refractivity contribution >= 4 is 54.5 Å². The van der Waals surface area contributed by atoms with E-state index in [2.05, 4.69) is 50.2 Å². The van der Waals surface area contributed by atoms with E-state index in [0.29, 0.717) is 0 Å². The van der Waals surface area contributed by atoms with Crippen LogP contribution in [-0.4, -0.2) is 0 Å². The van der Waals surface area contributed by atoms with Crippen LogP contribution in [0.5, 0.6) is 0 Å². The molecule has 0 amide bonds. The molecule has 5 heteroatoms. The fourth-order valence-corrected chi connectivity index (χ4v) is 4.83. The standard InChI is InChI=1S/C10H9Br2NS2/c1-5-6(4-8(12)15-5)9(13)10-7(11)2-3-14-10/h2-4,9H,13H2,1H3. The van der Waals surface area contributed by atoms with Crippen molar-refractivity contribution in [3.05, 3.63) is 41.1 Å². The summed E-state index contributed by atoms with van der Waals surface area (Å²) < 4.78 is 2.24. The van der Waals surface area contributed by atoms with E-state index in [1.165, 1.54) is 15.3 Å². The fourth-order valence-electron chi connectivity index (χ4n) is 1.44. The number of nitrogens with two attached hydrogens (primary N) is 1. The van der Waals surface area contributed by atoms with Crippen molar-refractivity contribution in [3.8, 4) is 0 Å². The summed E-state index contributed by atoms with van der Waals surface area (Å²) in [5.41, 5.74) is 7.45. The van der Waals surface area contributed by atoms with Gasteiger partial charge in [-0.3, -0.25) is 0 Å². The minimum atomic E-state index is -0.0260. The molecule has 1 atom stereocenters. The van der Waals surface area contributed by atoms with Crippen LogP contribution >= 0.6 is 54.5 Å². The Morgan fingerprint density at radius 3 is 2.60 bits per heavy atom. The van der Waals surface area contributed by atoms with Gasteiger partial charge in [0.1, 0.15) is 0 Å². The number of hydrogen-bond donors (Lipinski definition) is 1. The molecular weight excluding hydrogens is 358 g/mol. The fraction of sp³-hybridized carbons (Fsp3) is 0.200. The van der Waals surface area contributed by atoms with Crippen molar-refractivity contribution in [3.63, 3.8) is 0 Å². The van der Waals surface area contributed by atoms with E-state index in [-0.39, 0.29) is 6.04 Å². The molecule has 80 valence electrons. The minimum Gasteiger partial charge on any atom is -0.320 e. The topological polar surface area (TPSA) is 26.0 Å². The molecule has 0 aromatic carbocycles. The molecule has 0 spiro atoms. The van der Waals surface area contributed by atoms with Crippen molar-refractivity contribution in [1.82, 2.24) is 0 Å². The maximum atomic E-state index is 6.24. The van der Waals surface area contributed by atoms with Crippen molar-refractivity contribution in [2.45, 2.75) is 13.0 Å². The lowest BCUT2D eigenvalue weighted by molar-refractivity contribution is 0.886. The Labute approximate surface area is 114 Å². The van der Waals surface area contributed by atoms with Gasteiger partial charge in [-0.15, -0.1) is 22.7 Å². The summed E-state index contributed by atoms with van der Waals surface area (Å²) in [7, 11) is 0. The molecule has 15 heavy (non-hydrogen) atoms. The second-order valence-electron chi connectivity index (χ2n) is 3.17. The van der Waals surface area contributed by atoms with Crippen LogP contribution in [0.1, 0.15) is 21.4 Å². The summed E-state index contributed by atoms with van der Waals surface area (Å²) in [6.45, 7) is 2.10. The first-order valence-electron chi connectivity index (χ1n) is 4.34. The molecular formula is C10H9Br2NS2. The maximum Gasteiger partial charge on any atom is 0.0704 e.